The molecule has 1 saturated carbocycles. The lowest BCUT2D eigenvalue weighted by molar-refractivity contribution is 0.412. The van der Waals surface area contributed by atoms with E-state index in [4.69, 9.17) is 10.5 Å². The minimum atomic E-state index is 0.202. The molecule has 0 heterocycles. The first-order chi connectivity index (χ1) is 7.72. The Morgan fingerprint density at radius 3 is 2.56 bits per heavy atom. The molecule has 2 rings (SSSR count). The molecule has 0 spiro atoms. The van der Waals surface area contributed by atoms with E-state index in [0.717, 1.165) is 5.75 Å². The van der Waals surface area contributed by atoms with Crippen molar-refractivity contribution in [1.82, 2.24) is 0 Å². The fraction of sp³-hybridized carbons (Fsp3) is 0.571. The Morgan fingerprint density at radius 2 is 2.00 bits per heavy atom. The van der Waals surface area contributed by atoms with Crippen LogP contribution in [0.15, 0.2) is 18.2 Å². The van der Waals surface area contributed by atoms with Crippen molar-refractivity contribution in [2.75, 3.05) is 7.11 Å². The van der Waals surface area contributed by atoms with Crippen molar-refractivity contribution in [3.63, 3.8) is 0 Å². The third-order valence-corrected chi connectivity index (χ3v) is 3.74. The van der Waals surface area contributed by atoms with E-state index >= 15 is 0 Å². The van der Waals surface area contributed by atoms with Gasteiger partial charge in [0.05, 0.1) is 7.11 Å². The quantitative estimate of drug-likeness (QED) is 0.847. The molecule has 1 atom stereocenters. The maximum absolute atomic E-state index is 6.35. The molecule has 2 N–H and O–H groups in total. The van der Waals surface area contributed by atoms with Gasteiger partial charge in [-0.3, -0.25) is 0 Å². The molecule has 1 aliphatic rings. The molecule has 1 aromatic carbocycles. The number of benzene rings is 1. The van der Waals surface area contributed by atoms with Gasteiger partial charge >= 0.3 is 0 Å². The molecular weight excluding hydrogens is 198 g/mol. The number of hydrogen-bond acceptors (Lipinski definition) is 2. The second-order valence-electron chi connectivity index (χ2n) is 4.79. The van der Waals surface area contributed by atoms with Crippen molar-refractivity contribution in [1.29, 1.82) is 0 Å². The van der Waals surface area contributed by atoms with Crippen molar-refractivity contribution in [2.24, 2.45) is 11.7 Å². The van der Waals surface area contributed by atoms with Crippen LogP contribution in [0.5, 0.6) is 5.75 Å². The highest BCUT2D eigenvalue weighted by Crippen LogP contribution is 2.35. The van der Waals surface area contributed by atoms with Crippen LogP contribution < -0.4 is 10.5 Å². The molecule has 0 bridgehead atoms. The van der Waals surface area contributed by atoms with Gasteiger partial charge in [-0.15, -0.1) is 0 Å². The molecule has 0 aliphatic heterocycles. The highest BCUT2D eigenvalue weighted by Gasteiger charge is 2.24. The van der Waals surface area contributed by atoms with Gasteiger partial charge in [0, 0.05) is 6.04 Å². The molecule has 16 heavy (non-hydrogen) atoms. The first-order valence-electron chi connectivity index (χ1n) is 6.12. The lowest BCUT2D eigenvalue weighted by atomic mass is 9.90. The second-order valence-corrected chi connectivity index (χ2v) is 4.79. The summed E-state index contributed by atoms with van der Waals surface area (Å²) in [4.78, 5) is 0. The van der Waals surface area contributed by atoms with E-state index in [1.807, 2.05) is 6.07 Å². The molecule has 0 radical (unpaired) electrons. The summed E-state index contributed by atoms with van der Waals surface area (Å²) in [7, 11) is 1.70. The number of nitrogens with two attached hydrogens (primary N) is 1. The fourth-order valence-corrected chi connectivity index (χ4v) is 2.72. The monoisotopic (exact) mass is 219 g/mol. The van der Waals surface area contributed by atoms with Crippen molar-refractivity contribution in [2.45, 2.75) is 38.6 Å². The summed E-state index contributed by atoms with van der Waals surface area (Å²) in [6, 6.07) is 6.41. The molecule has 1 aliphatic carbocycles. The Labute approximate surface area is 97.8 Å². The van der Waals surface area contributed by atoms with Crippen molar-refractivity contribution in [3.8, 4) is 5.75 Å². The van der Waals surface area contributed by atoms with E-state index in [-0.39, 0.29) is 6.04 Å². The van der Waals surface area contributed by atoms with Crippen LogP contribution in [0.3, 0.4) is 0 Å². The molecule has 2 heteroatoms. The van der Waals surface area contributed by atoms with Gasteiger partial charge in [0.1, 0.15) is 5.75 Å². The van der Waals surface area contributed by atoms with Crippen LogP contribution in [0.2, 0.25) is 0 Å². The van der Waals surface area contributed by atoms with E-state index in [9.17, 15) is 0 Å². The highest BCUT2D eigenvalue weighted by molar-refractivity contribution is 5.36. The van der Waals surface area contributed by atoms with Gasteiger partial charge in [-0.05, 0) is 48.9 Å². The normalized spacial score (nSPS) is 18.7. The topological polar surface area (TPSA) is 35.2 Å². The van der Waals surface area contributed by atoms with E-state index in [1.165, 1.54) is 36.8 Å². The van der Waals surface area contributed by atoms with E-state index in [2.05, 4.69) is 19.1 Å². The predicted octanol–water partition coefficient (Wildman–Crippen LogP) is 3.19. The summed E-state index contributed by atoms with van der Waals surface area (Å²) >= 11 is 0. The highest BCUT2D eigenvalue weighted by atomic mass is 16.5. The number of ether oxygens (including phenoxy) is 1. The number of aryl methyl sites for hydroxylation is 1. The van der Waals surface area contributed by atoms with Gasteiger partial charge in [-0.2, -0.15) is 0 Å². The molecule has 2 nitrogen and oxygen atoms in total. The van der Waals surface area contributed by atoms with Crippen LogP contribution in [0, 0.1) is 12.8 Å². The maximum atomic E-state index is 6.35. The van der Waals surface area contributed by atoms with Crippen LogP contribution in [0.1, 0.15) is 42.9 Å². The maximum Gasteiger partial charge on any atom is 0.119 e. The average Bonchev–Trinajstić information content (AvgIpc) is 2.81. The second kappa shape index (κ2) is 4.88. The zero-order valence-electron chi connectivity index (χ0n) is 10.2. The Bertz CT molecular complexity index is 356. The Balaban J connectivity index is 2.19. The van der Waals surface area contributed by atoms with Gasteiger partial charge in [0.15, 0.2) is 0 Å². The van der Waals surface area contributed by atoms with E-state index < -0.39 is 0 Å². The summed E-state index contributed by atoms with van der Waals surface area (Å²) in [5.41, 5.74) is 8.89. The zero-order chi connectivity index (χ0) is 11.5. The third-order valence-electron chi connectivity index (χ3n) is 3.74. The first kappa shape index (κ1) is 11.5. The zero-order valence-corrected chi connectivity index (χ0v) is 10.2. The molecule has 0 unspecified atom stereocenters. The molecular formula is C14H21NO. The van der Waals surface area contributed by atoms with Crippen LogP contribution in [0.4, 0.5) is 0 Å². The minimum absolute atomic E-state index is 0.202. The Kier molecular flexibility index (Phi) is 3.49. The van der Waals surface area contributed by atoms with Gasteiger partial charge in [0.25, 0.3) is 0 Å². The smallest absolute Gasteiger partial charge is 0.119 e. The fourth-order valence-electron chi connectivity index (χ4n) is 2.72. The lowest BCUT2D eigenvalue weighted by Crippen LogP contribution is -2.20. The number of hydrogen-bond donors (Lipinski definition) is 1. The van der Waals surface area contributed by atoms with Gasteiger partial charge in [-0.1, -0.05) is 18.9 Å². The minimum Gasteiger partial charge on any atom is -0.497 e. The molecule has 0 saturated heterocycles. The van der Waals surface area contributed by atoms with Crippen LogP contribution >= 0.6 is 0 Å². The summed E-state index contributed by atoms with van der Waals surface area (Å²) in [6.07, 6.45) is 5.25. The SMILES string of the molecule is COc1ccc([C@H](N)C2CCCC2)c(C)c1. The van der Waals surface area contributed by atoms with E-state index in [1.54, 1.807) is 7.11 Å². The van der Waals surface area contributed by atoms with Crippen molar-refractivity contribution in [3.05, 3.63) is 29.3 Å². The number of rotatable bonds is 3. The largest absolute Gasteiger partial charge is 0.497 e. The number of methoxy groups -OCH3 is 1. The first-order valence-corrected chi connectivity index (χ1v) is 6.12. The Morgan fingerprint density at radius 1 is 1.31 bits per heavy atom. The molecule has 0 amide bonds. The summed E-state index contributed by atoms with van der Waals surface area (Å²) in [6.45, 7) is 2.12. The van der Waals surface area contributed by atoms with Crippen LogP contribution in [0.25, 0.3) is 0 Å². The average molecular weight is 219 g/mol. The van der Waals surface area contributed by atoms with Crippen molar-refractivity contribution < 1.29 is 4.74 Å². The van der Waals surface area contributed by atoms with Gasteiger partial charge in [0.2, 0.25) is 0 Å². The standard InChI is InChI=1S/C14H21NO/c1-10-9-12(16-2)7-8-13(10)14(15)11-5-3-4-6-11/h7-9,11,14H,3-6,15H2,1-2H3/t14-/m1/s1. The van der Waals surface area contributed by atoms with Gasteiger partial charge in [-0.25, -0.2) is 0 Å². The van der Waals surface area contributed by atoms with Crippen LogP contribution in [-0.2, 0) is 0 Å². The molecule has 1 fully saturated rings. The van der Waals surface area contributed by atoms with Crippen LogP contribution in [-0.4, -0.2) is 7.11 Å². The molecule has 1 aromatic rings. The summed E-state index contributed by atoms with van der Waals surface area (Å²) < 4.78 is 5.21. The Hall–Kier alpha value is -1.02. The molecule has 0 aromatic heterocycles. The third kappa shape index (κ3) is 2.22. The predicted molar refractivity (Wildman–Crippen MR) is 66.6 cm³/mol. The molecule has 88 valence electrons. The van der Waals surface area contributed by atoms with E-state index in [0.29, 0.717) is 5.92 Å². The van der Waals surface area contributed by atoms with Crippen molar-refractivity contribution >= 4 is 0 Å². The summed E-state index contributed by atoms with van der Waals surface area (Å²) in [5.74, 6) is 1.59. The summed E-state index contributed by atoms with van der Waals surface area (Å²) in [5, 5.41) is 0. The van der Waals surface area contributed by atoms with Gasteiger partial charge < -0.3 is 10.5 Å². The lowest BCUT2D eigenvalue weighted by Gasteiger charge is -2.21.